The first-order chi connectivity index (χ1) is 11.9. The first kappa shape index (κ1) is 16.3. The molecule has 2 heterocycles. The number of hydrogen-bond donors (Lipinski definition) is 0. The van der Waals surface area contributed by atoms with Crippen LogP contribution in [0, 0.1) is 17.0 Å². The highest BCUT2D eigenvalue weighted by Gasteiger charge is 2.22. The van der Waals surface area contributed by atoms with Gasteiger partial charge in [-0.25, -0.2) is 4.79 Å². The van der Waals surface area contributed by atoms with Crippen molar-refractivity contribution in [3.63, 3.8) is 0 Å². The number of benzene rings is 1. The number of aryl methyl sites for hydroxylation is 1. The van der Waals surface area contributed by atoms with Crippen LogP contribution in [0.2, 0.25) is 0 Å². The van der Waals surface area contributed by atoms with Crippen molar-refractivity contribution in [1.29, 1.82) is 0 Å². The maximum Gasteiger partial charge on any atom is 0.377 e. The van der Waals surface area contributed by atoms with E-state index in [9.17, 15) is 14.9 Å². The van der Waals surface area contributed by atoms with Crippen LogP contribution < -0.4 is 0 Å². The minimum absolute atomic E-state index is 0.0283. The van der Waals surface area contributed by atoms with Crippen molar-refractivity contribution in [2.24, 2.45) is 0 Å². The number of esters is 1. The lowest BCUT2D eigenvalue weighted by molar-refractivity contribution is -0.384. The molecule has 25 heavy (non-hydrogen) atoms. The highest BCUT2D eigenvalue weighted by atomic mass is 16.6. The lowest BCUT2D eigenvalue weighted by Gasteiger charge is -2.06. The smallest absolute Gasteiger partial charge is 0.377 e. The summed E-state index contributed by atoms with van der Waals surface area (Å²) in [6.07, 6.45) is -0.808. The Balaban J connectivity index is 1.72. The normalized spacial score (nSPS) is 11.9. The van der Waals surface area contributed by atoms with Crippen LogP contribution in [0.3, 0.4) is 0 Å². The van der Waals surface area contributed by atoms with E-state index in [2.05, 4.69) is 15.4 Å². The molecule has 0 unspecified atom stereocenters. The van der Waals surface area contributed by atoms with Crippen molar-refractivity contribution in [2.45, 2.75) is 20.0 Å². The van der Waals surface area contributed by atoms with E-state index < -0.39 is 17.0 Å². The average Bonchev–Trinajstić information content (AvgIpc) is 3.24. The molecule has 2 aromatic heterocycles. The molecule has 0 radical (unpaired) electrons. The summed E-state index contributed by atoms with van der Waals surface area (Å²) in [5.74, 6) is -0.496. The Hall–Kier alpha value is -3.56. The van der Waals surface area contributed by atoms with E-state index in [0.29, 0.717) is 11.3 Å². The van der Waals surface area contributed by atoms with Gasteiger partial charge in [0, 0.05) is 23.8 Å². The van der Waals surface area contributed by atoms with Gasteiger partial charge in [-0.1, -0.05) is 5.16 Å². The minimum atomic E-state index is -0.808. The number of carbonyl (C=O) groups is 1. The van der Waals surface area contributed by atoms with E-state index in [1.165, 1.54) is 30.3 Å². The van der Waals surface area contributed by atoms with E-state index in [0.717, 1.165) is 0 Å². The van der Waals surface area contributed by atoms with Crippen LogP contribution in [0.4, 0.5) is 5.69 Å². The number of non-ortho nitro benzene ring substituents is 1. The molecular weight excluding hydrogens is 332 g/mol. The topological polar surface area (TPSA) is 134 Å². The Morgan fingerprint density at radius 3 is 2.60 bits per heavy atom. The van der Waals surface area contributed by atoms with Crippen LogP contribution in [0.1, 0.15) is 35.2 Å². The van der Waals surface area contributed by atoms with Crippen molar-refractivity contribution in [2.75, 3.05) is 0 Å². The molecule has 0 bridgehead atoms. The zero-order valence-corrected chi connectivity index (χ0v) is 13.2. The summed E-state index contributed by atoms with van der Waals surface area (Å²) in [7, 11) is 0. The molecule has 0 aliphatic rings. The largest absolute Gasteiger partial charge is 0.447 e. The fourth-order valence-corrected chi connectivity index (χ4v) is 1.97. The van der Waals surface area contributed by atoms with Crippen molar-refractivity contribution in [3.05, 3.63) is 57.8 Å². The van der Waals surface area contributed by atoms with Gasteiger partial charge >= 0.3 is 5.97 Å². The number of carbonyl (C=O) groups excluding carboxylic acids is 1. The molecule has 0 aliphatic heterocycles. The summed E-state index contributed by atoms with van der Waals surface area (Å²) < 4.78 is 15.5. The summed E-state index contributed by atoms with van der Waals surface area (Å²) in [5, 5.41) is 21.9. The molecule has 0 saturated carbocycles. The third-order valence-electron chi connectivity index (χ3n) is 3.23. The molecule has 128 valence electrons. The quantitative estimate of drug-likeness (QED) is 0.389. The number of ether oxygens (including phenoxy) is 1. The zero-order valence-electron chi connectivity index (χ0n) is 13.2. The summed E-state index contributed by atoms with van der Waals surface area (Å²) in [6, 6.07) is 7.09. The molecule has 1 aromatic carbocycles. The molecule has 3 rings (SSSR count). The van der Waals surface area contributed by atoms with Gasteiger partial charge in [0.15, 0.2) is 6.10 Å². The lowest BCUT2D eigenvalue weighted by atomic mass is 10.2. The van der Waals surface area contributed by atoms with Gasteiger partial charge in [0.25, 0.3) is 11.6 Å². The van der Waals surface area contributed by atoms with Gasteiger partial charge < -0.3 is 13.7 Å². The van der Waals surface area contributed by atoms with E-state index in [1.54, 1.807) is 13.8 Å². The van der Waals surface area contributed by atoms with Crippen molar-refractivity contribution in [3.8, 4) is 11.5 Å². The SMILES string of the molecule is Cc1cc(C(=O)O[C@H](C)c2nnc(-c3ccc([N+](=O)[O-])cc3)o2)on1. The Morgan fingerprint density at radius 2 is 2.00 bits per heavy atom. The molecule has 10 heteroatoms. The van der Waals surface area contributed by atoms with Gasteiger partial charge in [0.2, 0.25) is 11.7 Å². The third kappa shape index (κ3) is 3.52. The standard InChI is InChI=1S/C15H12N4O6/c1-8-7-12(25-18-8)15(20)23-9(2)13-16-17-14(24-13)10-3-5-11(6-4-10)19(21)22/h3-7,9H,1-2H3/t9-/m1/s1. The van der Waals surface area contributed by atoms with E-state index in [1.807, 2.05) is 0 Å². The van der Waals surface area contributed by atoms with Crippen LogP contribution in [-0.4, -0.2) is 26.2 Å². The lowest BCUT2D eigenvalue weighted by Crippen LogP contribution is -2.08. The number of aromatic nitrogens is 3. The molecule has 0 aliphatic carbocycles. The number of nitrogens with zero attached hydrogens (tertiary/aromatic N) is 4. The fourth-order valence-electron chi connectivity index (χ4n) is 1.97. The molecule has 0 N–H and O–H groups in total. The van der Waals surface area contributed by atoms with Crippen molar-refractivity contribution < 1.29 is 23.4 Å². The van der Waals surface area contributed by atoms with Crippen LogP contribution in [0.15, 0.2) is 39.3 Å². The predicted octanol–water partition coefficient (Wildman–Crippen LogP) is 2.86. The van der Waals surface area contributed by atoms with Crippen LogP contribution in [0.5, 0.6) is 0 Å². The molecule has 0 saturated heterocycles. The Labute approximate surface area is 140 Å². The van der Waals surface area contributed by atoms with Crippen molar-refractivity contribution >= 4 is 11.7 Å². The second-order valence-corrected chi connectivity index (χ2v) is 5.13. The van der Waals surface area contributed by atoms with E-state index in [-0.39, 0.29) is 23.2 Å². The molecule has 0 fully saturated rings. The molecule has 0 spiro atoms. The second-order valence-electron chi connectivity index (χ2n) is 5.13. The van der Waals surface area contributed by atoms with Crippen LogP contribution in [-0.2, 0) is 4.74 Å². The number of rotatable bonds is 5. The zero-order chi connectivity index (χ0) is 18.0. The highest BCUT2D eigenvalue weighted by molar-refractivity contribution is 5.86. The maximum atomic E-state index is 11.9. The third-order valence-corrected chi connectivity index (χ3v) is 3.23. The molecule has 1 atom stereocenters. The number of nitro benzene ring substituents is 1. The first-order valence-corrected chi connectivity index (χ1v) is 7.16. The molecule has 3 aromatic rings. The number of nitro groups is 1. The Bertz CT molecular complexity index is 914. The van der Waals surface area contributed by atoms with Gasteiger partial charge in [0.1, 0.15) is 0 Å². The summed E-state index contributed by atoms with van der Waals surface area (Å²) >= 11 is 0. The molecule has 0 amide bonds. The average molecular weight is 344 g/mol. The Kier molecular flexibility index (Phi) is 4.25. The highest BCUT2D eigenvalue weighted by Crippen LogP contribution is 2.24. The fraction of sp³-hybridized carbons (Fsp3) is 0.200. The Morgan fingerprint density at radius 1 is 1.28 bits per heavy atom. The van der Waals surface area contributed by atoms with E-state index in [4.69, 9.17) is 13.7 Å². The summed E-state index contributed by atoms with van der Waals surface area (Å²) in [4.78, 5) is 22.1. The number of hydrogen-bond acceptors (Lipinski definition) is 9. The van der Waals surface area contributed by atoms with Crippen LogP contribution >= 0.6 is 0 Å². The van der Waals surface area contributed by atoms with E-state index >= 15 is 0 Å². The second kappa shape index (κ2) is 6.51. The van der Waals surface area contributed by atoms with Gasteiger partial charge in [-0.3, -0.25) is 10.1 Å². The molecular formula is C15H12N4O6. The van der Waals surface area contributed by atoms with Gasteiger partial charge in [-0.05, 0) is 26.0 Å². The van der Waals surface area contributed by atoms with Crippen molar-refractivity contribution in [1.82, 2.24) is 15.4 Å². The molecule has 10 nitrogen and oxygen atoms in total. The van der Waals surface area contributed by atoms with Crippen LogP contribution in [0.25, 0.3) is 11.5 Å². The van der Waals surface area contributed by atoms with Gasteiger partial charge in [-0.2, -0.15) is 0 Å². The maximum absolute atomic E-state index is 11.9. The van der Waals surface area contributed by atoms with Gasteiger partial charge in [0.05, 0.1) is 10.6 Å². The monoisotopic (exact) mass is 344 g/mol. The van der Waals surface area contributed by atoms with Gasteiger partial charge in [-0.15, -0.1) is 10.2 Å². The minimum Gasteiger partial charge on any atom is -0.447 e. The first-order valence-electron chi connectivity index (χ1n) is 7.16. The predicted molar refractivity (Wildman–Crippen MR) is 81.5 cm³/mol. The summed E-state index contributed by atoms with van der Waals surface area (Å²) in [6.45, 7) is 3.24. The summed E-state index contributed by atoms with van der Waals surface area (Å²) in [5.41, 5.74) is 1.01.